The highest BCUT2D eigenvalue weighted by atomic mass is 16.1. The normalized spacial score (nSPS) is 12.1. The number of H-pyrrole nitrogens is 1. The van der Waals surface area contributed by atoms with E-state index < -0.39 is 0 Å². The molecule has 88 valence electrons. The zero-order valence-electron chi connectivity index (χ0n) is 9.19. The Morgan fingerprint density at radius 3 is 2.94 bits per heavy atom. The van der Waals surface area contributed by atoms with Crippen LogP contribution in [0.15, 0.2) is 16.9 Å². The van der Waals surface area contributed by atoms with Crippen LogP contribution >= 0.6 is 0 Å². The van der Waals surface area contributed by atoms with Gasteiger partial charge in [0, 0.05) is 18.5 Å². The smallest absolute Gasteiger partial charge is 0.264 e. The van der Waals surface area contributed by atoms with Crippen LogP contribution < -0.4 is 16.6 Å². The maximum absolute atomic E-state index is 11.4. The van der Waals surface area contributed by atoms with Gasteiger partial charge in [-0.15, -0.1) is 0 Å². The van der Waals surface area contributed by atoms with Crippen LogP contribution in [0, 0.1) is 0 Å². The number of amides is 1. The van der Waals surface area contributed by atoms with Gasteiger partial charge in [0.05, 0.1) is 0 Å². The molecule has 1 unspecified atom stereocenters. The lowest BCUT2D eigenvalue weighted by molar-refractivity contribution is -0.116. The van der Waals surface area contributed by atoms with Gasteiger partial charge in [0.15, 0.2) is 5.82 Å². The molecule has 6 nitrogen and oxygen atoms in total. The second kappa shape index (κ2) is 6.02. The van der Waals surface area contributed by atoms with Crippen LogP contribution in [-0.4, -0.2) is 22.1 Å². The molecular weight excluding hydrogens is 208 g/mol. The Morgan fingerprint density at radius 2 is 2.38 bits per heavy atom. The lowest BCUT2D eigenvalue weighted by Gasteiger charge is -2.05. The van der Waals surface area contributed by atoms with E-state index in [4.69, 9.17) is 5.73 Å². The minimum absolute atomic E-state index is 0.110. The van der Waals surface area contributed by atoms with E-state index in [0.717, 1.165) is 12.8 Å². The van der Waals surface area contributed by atoms with E-state index in [9.17, 15) is 9.59 Å². The summed E-state index contributed by atoms with van der Waals surface area (Å²) in [5, 5.41) is 8.49. The summed E-state index contributed by atoms with van der Waals surface area (Å²) in [5.41, 5.74) is 5.27. The fourth-order valence-corrected chi connectivity index (χ4v) is 1.20. The van der Waals surface area contributed by atoms with Crippen molar-refractivity contribution in [2.24, 2.45) is 5.73 Å². The molecule has 0 saturated carbocycles. The van der Waals surface area contributed by atoms with Gasteiger partial charge in [-0.05, 0) is 25.8 Å². The summed E-state index contributed by atoms with van der Waals surface area (Å²) in [6.07, 6.45) is 1.96. The predicted molar refractivity (Wildman–Crippen MR) is 61.0 cm³/mol. The number of anilines is 1. The fraction of sp³-hybridized carbons (Fsp3) is 0.500. The van der Waals surface area contributed by atoms with Gasteiger partial charge in [0.2, 0.25) is 5.91 Å². The van der Waals surface area contributed by atoms with Crippen molar-refractivity contribution in [3.63, 3.8) is 0 Å². The number of hydrogen-bond donors (Lipinski definition) is 3. The summed E-state index contributed by atoms with van der Waals surface area (Å²) in [6, 6.07) is 2.88. The van der Waals surface area contributed by atoms with Crippen molar-refractivity contribution in [3.8, 4) is 0 Å². The predicted octanol–water partition coefficient (Wildman–Crippen LogP) is 0.226. The van der Waals surface area contributed by atoms with Crippen LogP contribution in [-0.2, 0) is 4.79 Å². The van der Waals surface area contributed by atoms with Crippen molar-refractivity contribution in [2.45, 2.75) is 32.2 Å². The Bertz CT molecular complexity index is 380. The highest BCUT2D eigenvalue weighted by Crippen LogP contribution is 2.02. The topological polar surface area (TPSA) is 101 Å². The zero-order chi connectivity index (χ0) is 12.0. The lowest BCUT2D eigenvalue weighted by atomic mass is 10.1. The Balaban J connectivity index is 2.34. The van der Waals surface area contributed by atoms with E-state index in [1.165, 1.54) is 12.1 Å². The summed E-state index contributed by atoms with van der Waals surface area (Å²) in [4.78, 5) is 22.1. The standard InChI is InChI=1S/C10H16N4O2/c1-7(11)3-2-4-9(15)12-8-5-6-10(16)14-13-8/h5-7H,2-4,11H2,1H3,(H,14,16)(H,12,13,15). The quantitative estimate of drug-likeness (QED) is 0.666. The lowest BCUT2D eigenvalue weighted by Crippen LogP contribution is -2.18. The number of nitrogens with one attached hydrogen (secondary N) is 2. The first-order valence-corrected chi connectivity index (χ1v) is 5.19. The summed E-state index contributed by atoms with van der Waals surface area (Å²) in [6.45, 7) is 1.90. The molecule has 0 aromatic carbocycles. The molecule has 0 aliphatic carbocycles. The Hall–Kier alpha value is -1.69. The molecule has 1 atom stereocenters. The van der Waals surface area contributed by atoms with Gasteiger partial charge in [-0.2, -0.15) is 5.10 Å². The first-order valence-electron chi connectivity index (χ1n) is 5.19. The third-order valence-electron chi connectivity index (χ3n) is 2.01. The van der Waals surface area contributed by atoms with E-state index in [0.29, 0.717) is 12.2 Å². The zero-order valence-corrected chi connectivity index (χ0v) is 9.19. The van der Waals surface area contributed by atoms with Crippen LogP contribution in [0.5, 0.6) is 0 Å². The average Bonchev–Trinajstić information content (AvgIpc) is 2.21. The number of aromatic amines is 1. The minimum atomic E-state index is -0.296. The second-order valence-corrected chi connectivity index (χ2v) is 3.72. The molecule has 0 radical (unpaired) electrons. The largest absolute Gasteiger partial charge is 0.328 e. The fourth-order valence-electron chi connectivity index (χ4n) is 1.20. The molecule has 0 fully saturated rings. The van der Waals surface area contributed by atoms with Crippen LogP contribution in [0.3, 0.4) is 0 Å². The summed E-state index contributed by atoms with van der Waals surface area (Å²) in [5.74, 6) is 0.227. The summed E-state index contributed by atoms with van der Waals surface area (Å²) in [7, 11) is 0. The molecule has 16 heavy (non-hydrogen) atoms. The van der Waals surface area contributed by atoms with Crippen molar-refractivity contribution < 1.29 is 4.79 Å². The monoisotopic (exact) mass is 224 g/mol. The SMILES string of the molecule is CC(N)CCCC(=O)Nc1ccc(=O)[nH]n1. The van der Waals surface area contributed by atoms with E-state index in [1.54, 1.807) is 0 Å². The average molecular weight is 224 g/mol. The molecule has 0 saturated heterocycles. The van der Waals surface area contributed by atoms with E-state index in [-0.39, 0.29) is 17.5 Å². The van der Waals surface area contributed by atoms with Gasteiger partial charge in [0.1, 0.15) is 0 Å². The van der Waals surface area contributed by atoms with Gasteiger partial charge >= 0.3 is 0 Å². The molecule has 0 aliphatic rings. The number of rotatable bonds is 5. The molecule has 1 rings (SSSR count). The van der Waals surface area contributed by atoms with Crippen LogP contribution in [0.1, 0.15) is 26.2 Å². The molecule has 0 spiro atoms. The first-order chi connectivity index (χ1) is 7.58. The third-order valence-corrected chi connectivity index (χ3v) is 2.01. The first kappa shape index (κ1) is 12.4. The molecule has 1 heterocycles. The molecular formula is C10H16N4O2. The Morgan fingerprint density at radius 1 is 1.62 bits per heavy atom. The van der Waals surface area contributed by atoms with Crippen molar-refractivity contribution in [2.75, 3.05) is 5.32 Å². The third kappa shape index (κ3) is 4.70. The number of nitrogens with zero attached hydrogens (tertiary/aromatic N) is 1. The van der Waals surface area contributed by atoms with Gasteiger partial charge in [-0.3, -0.25) is 9.59 Å². The number of carbonyl (C=O) groups is 1. The van der Waals surface area contributed by atoms with Gasteiger partial charge in [-0.25, -0.2) is 5.10 Å². The second-order valence-electron chi connectivity index (χ2n) is 3.72. The van der Waals surface area contributed by atoms with Crippen molar-refractivity contribution >= 4 is 11.7 Å². The molecule has 1 aromatic heterocycles. The van der Waals surface area contributed by atoms with E-state index >= 15 is 0 Å². The van der Waals surface area contributed by atoms with Gasteiger partial charge in [-0.1, -0.05) is 0 Å². The van der Waals surface area contributed by atoms with E-state index in [2.05, 4.69) is 15.5 Å². The summed E-state index contributed by atoms with van der Waals surface area (Å²) < 4.78 is 0. The molecule has 1 aromatic rings. The molecule has 1 amide bonds. The Kier molecular flexibility index (Phi) is 4.65. The molecule has 0 aliphatic heterocycles. The van der Waals surface area contributed by atoms with Gasteiger partial charge < -0.3 is 11.1 Å². The number of aromatic nitrogens is 2. The van der Waals surface area contributed by atoms with Crippen LogP contribution in [0.2, 0.25) is 0 Å². The van der Waals surface area contributed by atoms with Crippen LogP contribution in [0.4, 0.5) is 5.82 Å². The molecule has 4 N–H and O–H groups in total. The number of carbonyl (C=O) groups excluding carboxylic acids is 1. The minimum Gasteiger partial charge on any atom is -0.328 e. The summed E-state index contributed by atoms with van der Waals surface area (Å²) >= 11 is 0. The maximum Gasteiger partial charge on any atom is 0.264 e. The maximum atomic E-state index is 11.4. The van der Waals surface area contributed by atoms with E-state index in [1.807, 2.05) is 6.92 Å². The highest BCUT2D eigenvalue weighted by Gasteiger charge is 2.04. The van der Waals surface area contributed by atoms with Crippen molar-refractivity contribution in [1.29, 1.82) is 0 Å². The molecule has 0 bridgehead atoms. The number of hydrogen-bond acceptors (Lipinski definition) is 4. The number of nitrogens with two attached hydrogens (primary N) is 1. The highest BCUT2D eigenvalue weighted by molar-refractivity contribution is 5.89. The Labute approximate surface area is 93.2 Å². The van der Waals surface area contributed by atoms with Gasteiger partial charge in [0.25, 0.3) is 5.56 Å². The van der Waals surface area contributed by atoms with Crippen molar-refractivity contribution in [1.82, 2.24) is 10.2 Å². The molecule has 6 heteroatoms. The van der Waals surface area contributed by atoms with Crippen LogP contribution in [0.25, 0.3) is 0 Å². The van der Waals surface area contributed by atoms with Crippen molar-refractivity contribution in [3.05, 3.63) is 22.5 Å².